The van der Waals surface area contributed by atoms with E-state index < -0.39 is 178 Å². The maximum Gasteiger partial charge on any atom is 0.524 e. The van der Waals surface area contributed by atoms with Crippen LogP contribution in [0.4, 0.5) is 0 Å². The highest BCUT2D eigenvalue weighted by Crippen LogP contribution is 2.38. The number of primary amides is 1. The lowest BCUT2D eigenvalue weighted by Crippen LogP contribution is -2.64. The number of nitrogens with one attached hydrogen (secondary N) is 5. The van der Waals surface area contributed by atoms with Gasteiger partial charge in [-0.2, -0.15) is 0 Å². The first-order valence-electron chi connectivity index (χ1n) is 26.7. The van der Waals surface area contributed by atoms with E-state index in [1.807, 2.05) is 5.32 Å². The molecule has 0 saturated carbocycles. The maximum absolute atomic E-state index is 14.5. The number of hydrogen-bond acceptors (Lipinski definition) is 18. The number of benzene rings is 1. The number of unbranched alkanes of at least 4 members (excludes halogenated alkanes) is 5. The fourth-order valence-corrected chi connectivity index (χ4v) is 10.4. The van der Waals surface area contributed by atoms with Crippen LogP contribution in [0.25, 0.3) is 0 Å². The summed E-state index contributed by atoms with van der Waals surface area (Å²) in [5.41, 5.74) is 5.05. The minimum atomic E-state index is -5.07. The molecule has 3 heterocycles. The van der Waals surface area contributed by atoms with Crippen LogP contribution in [-0.4, -0.2) is 200 Å². The second kappa shape index (κ2) is 30.4. The van der Waals surface area contributed by atoms with Crippen molar-refractivity contribution in [3.8, 4) is 5.75 Å². The normalized spacial score (nSPS) is 28.3. The summed E-state index contributed by atoms with van der Waals surface area (Å²) in [7, 11) is -5.07. The lowest BCUT2D eigenvalue weighted by Gasteiger charge is -2.34. The minimum absolute atomic E-state index is 0.102. The van der Waals surface area contributed by atoms with E-state index in [1.165, 1.54) is 6.42 Å². The summed E-state index contributed by atoms with van der Waals surface area (Å²) in [6.45, 7) is 6.62. The molecular weight excluding hydrogens is 1060 g/mol. The Morgan fingerprint density at radius 1 is 0.747 bits per heavy atom. The molecule has 17 N–H and O–H groups in total. The largest absolute Gasteiger partial charge is 0.524 e. The first-order chi connectivity index (χ1) is 37.0. The van der Waals surface area contributed by atoms with E-state index in [4.69, 9.17) is 5.73 Å². The second-order valence-corrected chi connectivity index (χ2v) is 22.3. The molecule has 4 rings (SSSR count). The number of hydrogen-bond donors (Lipinski definition) is 16. The zero-order chi connectivity index (χ0) is 59.1. The van der Waals surface area contributed by atoms with Crippen molar-refractivity contribution < 1.29 is 98.1 Å². The van der Waals surface area contributed by atoms with Crippen LogP contribution in [-0.2, 0) is 42.9 Å². The van der Waals surface area contributed by atoms with Gasteiger partial charge < -0.3 is 87.5 Å². The number of carbonyl (C=O) groups is 8. The van der Waals surface area contributed by atoms with Crippen molar-refractivity contribution in [1.29, 1.82) is 0 Å². The van der Waals surface area contributed by atoms with Crippen LogP contribution < -0.4 is 36.8 Å². The number of nitrogens with zero attached hydrogens (tertiary/aromatic N) is 2. The molecule has 1 aromatic carbocycles. The average molecular weight is 1150 g/mol. The quantitative estimate of drug-likeness (QED) is 0.0394. The molecule has 3 aliphatic rings. The van der Waals surface area contributed by atoms with Crippen LogP contribution in [0.15, 0.2) is 24.3 Å². The summed E-state index contributed by atoms with van der Waals surface area (Å²) >= 11 is 0. The van der Waals surface area contributed by atoms with E-state index in [2.05, 4.69) is 46.6 Å². The molecule has 0 radical (unpaired) electrons. The number of amides is 8. The van der Waals surface area contributed by atoms with Gasteiger partial charge in [-0.3, -0.25) is 48.1 Å². The van der Waals surface area contributed by atoms with Crippen molar-refractivity contribution in [2.45, 2.75) is 203 Å². The van der Waals surface area contributed by atoms with E-state index in [0.717, 1.165) is 69.7 Å². The molecule has 8 amide bonds. The Bertz CT molecular complexity index is 2290. The Morgan fingerprint density at radius 2 is 1.34 bits per heavy atom. The molecule has 28 nitrogen and oxygen atoms in total. The van der Waals surface area contributed by atoms with Crippen molar-refractivity contribution in [2.24, 2.45) is 17.6 Å². The highest BCUT2D eigenvalue weighted by Gasteiger charge is 2.49. The van der Waals surface area contributed by atoms with Crippen LogP contribution >= 0.6 is 7.82 Å². The van der Waals surface area contributed by atoms with Gasteiger partial charge in [-0.15, -0.1) is 0 Å². The van der Waals surface area contributed by atoms with Crippen molar-refractivity contribution >= 4 is 55.1 Å². The number of aliphatic hydroxyl groups is 8. The van der Waals surface area contributed by atoms with Crippen LogP contribution in [0, 0.1) is 11.8 Å². The lowest BCUT2D eigenvalue weighted by atomic mass is 9.91. The van der Waals surface area contributed by atoms with Crippen LogP contribution in [0.2, 0.25) is 0 Å². The Hall–Kier alpha value is -5.39. The Labute approximate surface area is 457 Å². The summed E-state index contributed by atoms with van der Waals surface area (Å²) in [4.78, 5) is 131. The van der Waals surface area contributed by atoms with Crippen LogP contribution in [0.5, 0.6) is 5.75 Å². The summed E-state index contributed by atoms with van der Waals surface area (Å²) in [6.07, 6.45) is -11.0. The predicted molar refractivity (Wildman–Crippen MR) is 276 cm³/mol. The molecule has 446 valence electrons. The first-order valence-corrected chi connectivity index (χ1v) is 28.3. The van der Waals surface area contributed by atoms with Gasteiger partial charge in [-0.25, -0.2) is 4.57 Å². The van der Waals surface area contributed by atoms with Crippen molar-refractivity contribution in [3.05, 3.63) is 29.8 Å². The van der Waals surface area contributed by atoms with Gasteiger partial charge in [0.1, 0.15) is 60.3 Å². The lowest BCUT2D eigenvalue weighted by molar-refractivity contribution is -0.149. The maximum atomic E-state index is 14.5. The fraction of sp³-hybridized carbons (Fsp3) is 0.720. The third kappa shape index (κ3) is 19.7. The molecule has 0 aliphatic carbocycles. The summed E-state index contributed by atoms with van der Waals surface area (Å²) in [5, 5.41) is 101. The van der Waals surface area contributed by atoms with Crippen molar-refractivity contribution in [3.63, 3.8) is 0 Å². The molecule has 1 aromatic rings. The van der Waals surface area contributed by atoms with E-state index in [9.17, 15) is 93.6 Å². The standard InChI is InChI=1S/C50H81N8O20P/c1-5-25(2)20-26(3)12-10-8-6-7-9-11-13-37(65)52-31-22-35(63)46(70)56-48(72)41-33(61)18-19-57(41)50(74)39(34(62)23-36(51)64)54-47(71)40(43(67)42(66)28-14-16-30(17-15-28)78-79(75,76)77)55-45(69)32-21-29(60)24-58(32)49(73)38(27(4)59)53-44(31)68/h14-17,25-27,29,31-35,38-43,46,59-63,66-67,70H,5-13,18-24H2,1-4H3,(H2,51,64)(H,52,65)(H,53,68)(H,54,71)(H,55,69)(H,56,72)(H2,75,76,77)/t25?,26?,27-,29-,31-,32+,33+,34-,35-,38+,39+,40+,41+,42+,43+,46-/m1/s1. The molecule has 2 unspecified atom stereocenters. The average Bonchev–Trinajstić information content (AvgIpc) is 4.08. The molecule has 0 spiro atoms. The van der Waals surface area contributed by atoms with Crippen molar-refractivity contribution in [1.82, 2.24) is 36.4 Å². The second-order valence-electron chi connectivity index (χ2n) is 21.1. The fourth-order valence-electron chi connectivity index (χ4n) is 9.99. The van der Waals surface area contributed by atoms with Gasteiger partial charge in [0.25, 0.3) is 0 Å². The Balaban J connectivity index is 1.71. The number of nitrogens with two attached hydrogens (primary N) is 1. The van der Waals surface area contributed by atoms with Gasteiger partial charge >= 0.3 is 7.82 Å². The SMILES string of the molecule is CCC(C)CC(C)CCCCCCCCC(=O)N[C@@H]1C[C@@H](O)[C@@H](O)NC(=O)[C@@H]2[C@@H](O)CCN2C(=O)[C@H]([C@H](O)CC(N)=O)NC(=O)[C@H]([C@H](O)[C@@H](O)c2ccc(OP(=O)(O)O)cc2)NC(=O)[C@@H]2C[C@@H](O)CN2C(=O)[C@H]([C@@H](C)O)NC1=O. The van der Waals surface area contributed by atoms with Gasteiger partial charge in [0.05, 0.1) is 30.8 Å². The van der Waals surface area contributed by atoms with Gasteiger partial charge in [0.2, 0.25) is 47.3 Å². The minimum Gasteiger partial charge on any atom is -0.404 e. The molecule has 3 saturated heterocycles. The van der Waals surface area contributed by atoms with E-state index in [-0.39, 0.29) is 18.4 Å². The summed E-state index contributed by atoms with van der Waals surface area (Å²) in [5.74, 6) is -9.12. The van der Waals surface area contributed by atoms with Crippen LogP contribution in [0.1, 0.15) is 129 Å². The number of carbonyl (C=O) groups excluding carboxylic acids is 8. The van der Waals surface area contributed by atoms with Crippen LogP contribution in [0.3, 0.4) is 0 Å². The zero-order valence-corrected chi connectivity index (χ0v) is 45.7. The summed E-state index contributed by atoms with van der Waals surface area (Å²) < 4.78 is 15.9. The monoisotopic (exact) mass is 1140 g/mol. The smallest absolute Gasteiger partial charge is 0.404 e. The number of rotatable bonds is 22. The van der Waals surface area contributed by atoms with Gasteiger partial charge in [0.15, 0.2) is 6.23 Å². The van der Waals surface area contributed by atoms with Crippen molar-refractivity contribution in [2.75, 3.05) is 13.1 Å². The topological polar surface area (TPSA) is 458 Å². The Morgan fingerprint density at radius 3 is 1.95 bits per heavy atom. The third-order valence-electron chi connectivity index (χ3n) is 14.5. The summed E-state index contributed by atoms with van der Waals surface area (Å²) in [6, 6.07) is -8.37. The number of fused-ring (bicyclic) bond motifs is 2. The molecular formula is C50H81N8O20P. The molecule has 3 aliphatic heterocycles. The van der Waals surface area contributed by atoms with E-state index in [0.29, 0.717) is 34.5 Å². The molecule has 3 fully saturated rings. The number of phosphoric ester groups is 1. The van der Waals surface area contributed by atoms with E-state index >= 15 is 0 Å². The molecule has 16 atom stereocenters. The highest BCUT2D eigenvalue weighted by molar-refractivity contribution is 7.46. The van der Waals surface area contributed by atoms with E-state index in [1.54, 1.807) is 0 Å². The highest BCUT2D eigenvalue weighted by atomic mass is 31.2. The van der Waals surface area contributed by atoms with Gasteiger partial charge in [-0.05, 0) is 55.7 Å². The molecule has 0 bridgehead atoms. The first kappa shape index (κ1) is 66.1. The third-order valence-corrected chi connectivity index (χ3v) is 15.0. The Kier molecular flexibility index (Phi) is 25.5. The molecule has 29 heteroatoms. The number of phosphoric acid groups is 1. The molecule has 79 heavy (non-hydrogen) atoms. The van der Waals surface area contributed by atoms with Gasteiger partial charge in [0, 0.05) is 32.4 Å². The predicted octanol–water partition coefficient (Wildman–Crippen LogP) is -3.58. The number of aliphatic hydroxyl groups excluding tert-OH is 8. The van der Waals surface area contributed by atoms with Gasteiger partial charge in [-0.1, -0.05) is 77.8 Å². The zero-order valence-electron chi connectivity index (χ0n) is 44.8. The molecule has 0 aromatic heterocycles.